The summed E-state index contributed by atoms with van der Waals surface area (Å²) in [6, 6.07) is 5.61. The highest BCUT2D eigenvalue weighted by Gasteiger charge is 2.10. The third kappa shape index (κ3) is 2.39. The highest BCUT2D eigenvalue weighted by atomic mass is 35.7. The number of furan rings is 1. The van der Waals surface area contributed by atoms with Crippen molar-refractivity contribution in [3.8, 4) is 0 Å². The zero-order chi connectivity index (χ0) is 11.8. The minimum Gasteiger partial charge on any atom is -0.464 e. The van der Waals surface area contributed by atoms with Crippen LogP contribution in [-0.4, -0.2) is 14.2 Å². The molecule has 0 bridgehead atoms. The molecule has 0 radical (unpaired) electrons. The topological polar surface area (TPSA) is 47.3 Å². The summed E-state index contributed by atoms with van der Waals surface area (Å²) in [4.78, 5) is 0. The fourth-order valence-electron chi connectivity index (χ4n) is 1.77. The third-order valence-corrected chi connectivity index (χ3v) is 3.64. The van der Waals surface area contributed by atoms with Gasteiger partial charge in [0.1, 0.15) is 5.58 Å². The number of fused-ring (bicyclic) bond motifs is 1. The van der Waals surface area contributed by atoms with E-state index >= 15 is 0 Å². The molecule has 1 aromatic heterocycles. The molecule has 1 heterocycles. The second kappa shape index (κ2) is 4.11. The second-order valence-electron chi connectivity index (χ2n) is 3.70. The van der Waals surface area contributed by atoms with Gasteiger partial charge >= 0.3 is 0 Å². The molecule has 16 heavy (non-hydrogen) atoms. The molecular formula is C11H11ClO3S. The number of benzene rings is 1. The molecule has 0 aliphatic rings. The Hall–Kier alpha value is -1.00. The van der Waals surface area contributed by atoms with Crippen molar-refractivity contribution in [1.29, 1.82) is 0 Å². The van der Waals surface area contributed by atoms with Gasteiger partial charge in [-0.1, -0.05) is 12.1 Å². The summed E-state index contributed by atoms with van der Waals surface area (Å²) in [6.07, 6.45) is 2.08. The standard InChI is InChI=1S/C11H11ClO3S/c1-8-7-15-10-4-2-3-9(11(8)10)5-6-16(12,13)14/h2-4,7H,5-6H2,1H3. The predicted molar refractivity (Wildman–Crippen MR) is 64.3 cm³/mol. The van der Waals surface area contributed by atoms with E-state index in [1.165, 1.54) is 0 Å². The molecule has 0 spiro atoms. The summed E-state index contributed by atoms with van der Waals surface area (Å²) in [5, 5.41) is 0.989. The summed E-state index contributed by atoms with van der Waals surface area (Å²) in [5.74, 6) is -0.0573. The van der Waals surface area contributed by atoms with E-state index in [1.54, 1.807) is 6.26 Å². The Kier molecular flexibility index (Phi) is 2.95. The van der Waals surface area contributed by atoms with Gasteiger partial charge in [0.2, 0.25) is 9.05 Å². The molecule has 0 N–H and O–H groups in total. The highest BCUT2D eigenvalue weighted by Crippen LogP contribution is 2.25. The molecular weight excluding hydrogens is 248 g/mol. The summed E-state index contributed by atoms with van der Waals surface area (Å²) in [6.45, 7) is 1.94. The Morgan fingerprint density at radius 1 is 1.38 bits per heavy atom. The van der Waals surface area contributed by atoms with Gasteiger partial charge in [-0.2, -0.15) is 0 Å². The SMILES string of the molecule is Cc1coc2cccc(CCS(=O)(=O)Cl)c12. The lowest BCUT2D eigenvalue weighted by molar-refractivity contribution is 0.608. The molecule has 0 saturated heterocycles. The maximum atomic E-state index is 10.9. The van der Waals surface area contributed by atoms with Crippen LogP contribution in [0.1, 0.15) is 11.1 Å². The van der Waals surface area contributed by atoms with Crippen molar-refractivity contribution in [2.45, 2.75) is 13.3 Å². The molecule has 0 fully saturated rings. The summed E-state index contributed by atoms with van der Waals surface area (Å²) in [7, 11) is 1.75. The van der Waals surface area contributed by atoms with E-state index in [4.69, 9.17) is 15.1 Å². The zero-order valence-electron chi connectivity index (χ0n) is 8.73. The van der Waals surface area contributed by atoms with Gasteiger partial charge in [0, 0.05) is 16.1 Å². The van der Waals surface area contributed by atoms with Crippen molar-refractivity contribution >= 4 is 30.7 Å². The average Bonchev–Trinajstić information content (AvgIpc) is 2.57. The lowest BCUT2D eigenvalue weighted by atomic mass is 10.1. The van der Waals surface area contributed by atoms with Gasteiger partial charge in [0.15, 0.2) is 0 Å². The number of hydrogen-bond donors (Lipinski definition) is 0. The molecule has 0 amide bonds. The minimum atomic E-state index is -3.45. The third-order valence-electron chi connectivity index (χ3n) is 2.48. The van der Waals surface area contributed by atoms with E-state index in [-0.39, 0.29) is 5.75 Å². The minimum absolute atomic E-state index is 0.0573. The van der Waals surface area contributed by atoms with Gasteiger partial charge in [0.05, 0.1) is 12.0 Å². The fourth-order valence-corrected chi connectivity index (χ4v) is 2.47. The van der Waals surface area contributed by atoms with E-state index in [0.717, 1.165) is 22.1 Å². The van der Waals surface area contributed by atoms with Crippen LogP contribution in [-0.2, 0) is 15.5 Å². The maximum absolute atomic E-state index is 10.9. The van der Waals surface area contributed by atoms with E-state index in [0.29, 0.717) is 6.42 Å². The number of hydrogen-bond acceptors (Lipinski definition) is 3. The first-order valence-electron chi connectivity index (χ1n) is 4.85. The molecule has 2 rings (SSSR count). The van der Waals surface area contributed by atoms with Gasteiger partial charge in [-0.3, -0.25) is 0 Å². The molecule has 2 aromatic rings. The highest BCUT2D eigenvalue weighted by molar-refractivity contribution is 8.13. The van der Waals surface area contributed by atoms with E-state index in [9.17, 15) is 8.42 Å². The van der Waals surface area contributed by atoms with Crippen LogP contribution in [0, 0.1) is 6.92 Å². The quantitative estimate of drug-likeness (QED) is 0.796. The second-order valence-corrected chi connectivity index (χ2v) is 6.60. The molecule has 3 nitrogen and oxygen atoms in total. The number of aryl methyl sites for hydroxylation is 2. The zero-order valence-corrected chi connectivity index (χ0v) is 10.3. The molecule has 0 aliphatic heterocycles. The van der Waals surface area contributed by atoms with E-state index in [2.05, 4.69) is 0 Å². The largest absolute Gasteiger partial charge is 0.464 e. The molecule has 0 aliphatic carbocycles. The molecule has 5 heteroatoms. The lowest BCUT2D eigenvalue weighted by Crippen LogP contribution is -2.01. The van der Waals surface area contributed by atoms with Crippen molar-refractivity contribution < 1.29 is 12.8 Å². The van der Waals surface area contributed by atoms with Crippen LogP contribution < -0.4 is 0 Å². The van der Waals surface area contributed by atoms with Crippen LogP contribution in [0.4, 0.5) is 0 Å². The van der Waals surface area contributed by atoms with Gasteiger partial charge in [-0.05, 0) is 30.5 Å². The van der Waals surface area contributed by atoms with Crippen LogP contribution >= 0.6 is 10.7 Å². The van der Waals surface area contributed by atoms with Crippen molar-refractivity contribution in [2.24, 2.45) is 0 Å². The van der Waals surface area contributed by atoms with Crippen LogP contribution in [0.2, 0.25) is 0 Å². The van der Waals surface area contributed by atoms with E-state index < -0.39 is 9.05 Å². The van der Waals surface area contributed by atoms with E-state index in [1.807, 2.05) is 25.1 Å². The molecule has 86 valence electrons. The number of halogens is 1. The Labute approximate surface area is 98.4 Å². The average molecular weight is 259 g/mol. The normalized spacial score (nSPS) is 12.1. The first-order valence-corrected chi connectivity index (χ1v) is 7.33. The van der Waals surface area contributed by atoms with Gasteiger partial charge in [-0.25, -0.2) is 8.42 Å². The fraction of sp³-hybridized carbons (Fsp3) is 0.273. The van der Waals surface area contributed by atoms with Gasteiger partial charge < -0.3 is 4.42 Å². The predicted octanol–water partition coefficient (Wildman–Crippen LogP) is 2.85. The summed E-state index contributed by atoms with van der Waals surface area (Å²) in [5.41, 5.74) is 2.74. The molecule has 1 aromatic carbocycles. The van der Waals surface area contributed by atoms with Crippen LogP contribution in [0.15, 0.2) is 28.9 Å². The molecule has 0 atom stereocenters. The molecule has 0 saturated carbocycles. The Balaban J connectivity index is 2.40. The summed E-state index contributed by atoms with van der Waals surface area (Å²) >= 11 is 0. The Morgan fingerprint density at radius 2 is 2.12 bits per heavy atom. The van der Waals surface area contributed by atoms with Gasteiger partial charge in [-0.15, -0.1) is 0 Å². The lowest BCUT2D eigenvalue weighted by Gasteiger charge is -2.01. The van der Waals surface area contributed by atoms with Crippen LogP contribution in [0.5, 0.6) is 0 Å². The van der Waals surface area contributed by atoms with Crippen molar-refractivity contribution in [3.05, 3.63) is 35.6 Å². The Morgan fingerprint density at radius 3 is 2.81 bits per heavy atom. The van der Waals surface area contributed by atoms with Crippen molar-refractivity contribution in [3.63, 3.8) is 0 Å². The monoisotopic (exact) mass is 258 g/mol. The summed E-state index contributed by atoms with van der Waals surface area (Å²) < 4.78 is 27.2. The van der Waals surface area contributed by atoms with Gasteiger partial charge in [0.25, 0.3) is 0 Å². The number of rotatable bonds is 3. The van der Waals surface area contributed by atoms with Crippen molar-refractivity contribution in [1.82, 2.24) is 0 Å². The smallest absolute Gasteiger partial charge is 0.232 e. The molecule has 0 unspecified atom stereocenters. The van der Waals surface area contributed by atoms with Crippen LogP contribution in [0.3, 0.4) is 0 Å². The first kappa shape index (κ1) is 11.5. The maximum Gasteiger partial charge on any atom is 0.232 e. The first-order chi connectivity index (χ1) is 7.47. The van der Waals surface area contributed by atoms with Crippen molar-refractivity contribution in [2.75, 3.05) is 5.75 Å². The Bertz CT molecular complexity index is 613. The van der Waals surface area contributed by atoms with Crippen LogP contribution in [0.25, 0.3) is 11.0 Å².